The predicted octanol–water partition coefficient (Wildman–Crippen LogP) is 4.70. The van der Waals surface area contributed by atoms with Crippen molar-refractivity contribution >= 4 is 69.2 Å². The molecular formula is C24H26Cl2N2O4S2. The number of nitrogens with zero attached hydrogens (tertiary/aromatic N) is 2. The average molecular weight is 542 g/mol. The van der Waals surface area contributed by atoms with Crippen LogP contribution in [-0.4, -0.2) is 72.7 Å². The zero-order valence-electron chi connectivity index (χ0n) is 19.6. The molecule has 10 heteroatoms. The van der Waals surface area contributed by atoms with Crippen molar-refractivity contribution < 1.29 is 19.1 Å². The summed E-state index contributed by atoms with van der Waals surface area (Å²) in [6, 6.07) is 10.2. The minimum atomic E-state index is -0.849. The van der Waals surface area contributed by atoms with Crippen molar-refractivity contribution in [3.05, 3.63) is 57.6 Å². The summed E-state index contributed by atoms with van der Waals surface area (Å²) >= 11 is 23.2. The number of likely N-dealkylation sites (N-methyl/N-ethyl adjacent to an activating group) is 2. The molecule has 2 rings (SSSR count). The molecule has 0 aliphatic carbocycles. The van der Waals surface area contributed by atoms with Crippen LogP contribution in [-0.2, 0) is 9.59 Å². The monoisotopic (exact) mass is 540 g/mol. The van der Waals surface area contributed by atoms with Gasteiger partial charge in [-0.25, -0.2) is 0 Å². The molecule has 0 saturated heterocycles. The van der Waals surface area contributed by atoms with Gasteiger partial charge >= 0.3 is 0 Å². The highest BCUT2D eigenvalue weighted by Crippen LogP contribution is 2.26. The van der Waals surface area contributed by atoms with E-state index in [2.05, 4.69) is 0 Å². The first-order valence-corrected chi connectivity index (χ1v) is 11.8. The molecule has 0 aromatic heterocycles. The molecule has 6 nitrogen and oxygen atoms in total. The molecule has 0 spiro atoms. The Morgan fingerprint density at radius 3 is 1.50 bits per heavy atom. The number of benzene rings is 2. The molecule has 0 atom stereocenters. The van der Waals surface area contributed by atoms with Gasteiger partial charge in [-0.05, 0) is 43.3 Å². The largest absolute Gasteiger partial charge is 0.496 e. The second-order valence-corrected chi connectivity index (χ2v) is 9.31. The molecule has 34 heavy (non-hydrogen) atoms. The van der Waals surface area contributed by atoms with Crippen LogP contribution in [0.15, 0.2) is 36.4 Å². The third-order valence-corrected chi connectivity index (χ3v) is 6.76. The van der Waals surface area contributed by atoms with E-state index in [-0.39, 0.29) is 24.7 Å². The Balaban J connectivity index is 2.04. The average Bonchev–Trinajstić information content (AvgIpc) is 2.82. The zero-order chi connectivity index (χ0) is 25.6. The maximum Gasteiger partial charge on any atom is 0.162 e. The Hall–Kier alpha value is -2.26. The smallest absolute Gasteiger partial charge is 0.162 e. The summed E-state index contributed by atoms with van der Waals surface area (Å²) in [5, 5.41) is 0.994. The molecule has 0 fully saturated rings. The molecule has 0 radical (unpaired) electrons. The third-order valence-electron chi connectivity index (χ3n) is 5.23. The first-order chi connectivity index (χ1) is 16.0. The maximum atomic E-state index is 12.9. The van der Waals surface area contributed by atoms with Crippen LogP contribution < -0.4 is 9.47 Å². The quantitative estimate of drug-likeness (QED) is 0.317. The molecule has 0 aliphatic heterocycles. The number of thiocarbonyl (C=S) groups is 2. The number of methoxy groups -OCH3 is 2. The SMILES string of the molecule is COc1ccc(Cl)cc1C(=S)N(C)CC(=O)C(C)C(=O)CN(C)C(=S)c1cc(Cl)ccc1OC. The van der Waals surface area contributed by atoms with Crippen LogP contribution in [0.2, 0.25) is 10.0 Å². The normalized spacial score (nSPS) is 10.6. The van der Waals surface area contributed by atoms with E-state index in [4.69, 9.17) is 57.1 Å². The van der Waals surface area contributed by atoms with Crippen molar-refractivity contribution in [2.24, 2.45) is 5.92 Å². The Morgan fingerprint density at radius 2 is 1.18 bits per heavy atom. The van der Waals surface area contributed by atoms with Gasteiger partial charge in [0.15, 0.2) is 11.6 Å². The fourth-order valence-electron chi connectivity index (χ4n) is 3.17. The summed E-state index contributed by atoms with van der Waals surface area (Å²) in [5.41, 5.74) is 1.19. The molecule has 0 heterocycles. The van der Waals surface area contributed by atoms with Gasteiger partial charge < -0.3 is 19.3 Å². The van der Waals surface area contributed by atoms with Crippen molar-refractivity contribution in [1.29, 1.82) is 0 Å². The molecule has 0 saturated carbocycles. The van der Waals surface area contributed by atoms with Crippen molar-refractivity contribution in [3.8, 4) is 11.5 Å². The van der Waals surface area contributed by atoms with E-state index in [1.807, 2.05) is 0 Å². The Kier molecular flexibility index (Phi) is 10.2. The molecule has 2 aromatic rings. The molecular weight excluding hydrogens is 515 g/mol. The minimum Gasteiger partial charge on any atom is -0.496 e. The van der Waals surface area contributed by atoms with Gasteiger partial charge in [0.1, 0.15) is 21.5 Å². The highest BCUT2D eigenvalue weighted by Gasteiger charge is 2.26. The second-order valence-electron chi connectivity index (χ2n) is 7.67. The van der Waals surface area contributed by atoms with E-state index in [1.54, 1.807) is 67.2 Å². The van der Waals surface area contributed by atoms with E-state index >= 15 is 0 Å². The summed E-state index contributed by atoms with van der Waals surface area (Å²) in [7, 11) is 6.43. The van der Waals surface area contributed by atoms with Crippen molar-refractivity contribution in [2.45, 2.75) is 6.92 Å². The molecule has 182 valence electrons. The third kappa shape index (κ3) is 6.88. The van der Waals surface area contributed by atoms with Crippen LogP contribution in [0.4, 0.5) is 0 Å². The number of carbonyl (C=O) groups is 2. The summed E-state index contributed by atoms with van der Waals surface area (Å²) in [4.78, 5) is 29.7. The summed E-state index contributed by atoms with van der Waals surface area (Å²) in [5.74, 6) is -0.294. The van der Waals surface area contributed by atoms with Gasteiger partial charge in [-0.15, -0.1) is 0 Å². The number of hydrogen-bond donors (Lipinski definition) is 0. The molecule has 2 aromatic carbocycles. The number of rotatable bonds is 10. The van der Waals surface area contributed by atoms with E-state index in [1.165, 1.54) is 14.2 Å². The van der Waals surface area contributed by atoms with Gasteiger partial charge in [0.2, 0.25) is 0 Å². The fraction of sp³-hybridized carbons (Fsp3) is 0.333. The van der Waals surface area contributed by atoms with Crippen LogP contribution in [0, 0.1) is 5.92 Å². The van der Waals surface area contributed by atoms with Crippen LogP contribution >= 0.6 is 47.6 Å². The number of Topliss-reactive ketones (excluding diaryl/α,β-unsaturated/α-hetero) is 2. The van der Waals surface area contributed by atoms with Crippen molar-refractivity contribution in [2.75, 3.05) is 41.4 Å². The maximum absolute atomic E-state index is 12.9. The van der Waals surface area contributed by atoms with Gasteiger partial charge in [0, 0.05) is 24.1 Å². The Labute approximate surface area is 220 Å². The van der Waals surface area contributed by atoms with Crippen molar-refractivity contribution in [1.82, 2.24) is 9.80 Å². The number of ketones is 2. The summed E-state index contributed by atoms with van der Waals surface area (Å²) in [6.07, 6.45) is 0. The van der Waals surface area contributed by atoms with E-state index in [0.717, 1.165) is 0 Å². The lowest BCUT2D eigenvalue weighted by Crippen LogP contribution is -2.40. The molecule has 0 aliphatic rings. The molecule has 0 bridgehead atoms. The first kappa shape index (κ1) is 28.0. The van der Waals surface area contributed by atoms with E-state index in [0.29, 0.717) is 42.6 Å². The summed E-state index contributed by atoms with van der Waals surface area (Å²) in [6.45, 7) is 1.49. The van der Waals surface area contributed by atoms with Gasteiger partial charge in [0.05, 0.1) is 44.4 Å². The lowest BCUT2D eigenvalue weighted by molar-refractivity contribution is -0.132. The molecule has 0 N–H and O–H groups in total. The zero-order valence-corrected chi connectivity index (χ0v) is 22.7. The number of halogens is 2. The van der Waals surface area contributed by atoms with Gasteiger partial charge in [-0.1, -0.05) is 47.6 Å². The van der Waals surface area contributed by atoms with Gasteiger partial charge in [-0.2, -0.15) is 0 Å². The van der Waals surface area contributed by atoms with Crippen LogP contribution in [0.3, 0.4) is 0 Å². The van der Waals surface area contributed by atoms with E-state index < -0.39 is 5.92 Å². The van der Waals surface area contributed by atoms with Crippen LogP contribution in [0.5, 0.6) is 11.5 Å². The lowest BCUT2D eigenvalue weighted by Gasteiger charge is -2.24. The summed E-state index contributed by atoms with van der Waals surface area (Å²) < 4.78 is 10.7. The Morgan fingerprint density at radius 1 is 0.824 bits per heavy atom. The molecule has 0 unspecified atom stereocenters. The second kappa shape index (κ2) is 12.4. The van der Waals surface area contributed by atoms with Crippen LogP contribution in [0.1, 0.15) is 18.1 Å². The van der Waals surface area contributed by atoms with Crippen molar-refractivity contribution in [3.63, 3.8) is 0 Å². The topological polar surface area (TPSA) is 59.1 Å². The Bertz CT molecular complexity index is 1020. The minimum absolute atomic E-state index is 0.0440. The number of carbonyl (C=O) groups excluding carboxylic acids is 2. The highest BCUT2D eigenvalue weighted by molar-refractivity contribution is 7.81. The van der Waals surface area contributed by atoms with E-state index in [9.17, 15) is 9.59 Å². The standard InChI is InChI=1S/C24H26Cl2N2O4S2/c1-14(19(29)12-27(2)23(33)17-10-15(25)6-8-21(17)31-4)20(30)13-28(3)24(34)18-11-16(26)7-9-22(18)32-5/h6-11,14H,12-13H2,1-5H3. The highest BCUT2D eigenvalue weighted by atomic mass is 35.5. The fourth-order valence-corrected chi connectivity index (χ4v) is 3.96. The van der Waals surface area contributed by atoms with Gasteiger partial charge in [-0.3, -0.25) is 9.59 Å². The predicted molar refractivity (Wildman–Crippen MR) is 144 cm³/mol. The molecule has 0 amide bonds. The first-order valence-electron chi connectivity index (χ1n) is 10.2. The number of ether oxygens (including phenoxy) is 2. The number of hydrogen-bond acceptors (Lipinski definition) is 6. The van der Waals surface area contributed by atoms with Crippen LogP contribution in [0.25, 0.3) is 0 Å². The van der Waals surface area contributed by atoms with Gasteiger partial charge in [0.25, 0.3) is 0 Å². The lowest BCUT2D eigenvalue weighted by atomic mass is 10.00.